The van der Waals surface area contributed by atoms with Gasteiger partial charge >= 0.3 is 0 Å². The van der Waals surface area contributed by atoms with Crippen LogP contribution in [0, 0.1) is 5.92 Å². The van der Waals surface area contributed by atoms with Gasteiger partial charge in [0.2, 0.25) is 0 Å². The van der Waals surface area contributed by atoms with E-state index < -0.39 is 5.54 Å². The normalized spacial score (nSPS) is 21.5. The number of aromatic nitrogens is 2. The second-order valence-electron chi connectivity index (χ2n) is 8.00. The third kappa shape index (κ3) is 2.36. The number of benzene rings is 1. The fourth-order valence-corrected chi connectivity index (χ4v) is 3.99. The number of nitrogens with zero attached hydrogens (tertiary/aromatic N) is 2. The lowest BCUT2D eigenvalue weighted by atomic mass is 9.94. The highest BCUT2D eigenvalue weighted by molar-refractivity contribution is 5.95. The Kier molecular flexibility index (Phi) is 3.34. The fourth-order valence-electron chi connectivity index (χ4n) is 3.99. The van der Waals surface area contributed by atoms with Crippen LogP contribution in [0.25, 0.3) is 0 Å². The van der Waals surface area contributed by atoms with Crippen LogP contribution in [0.3, 0.4) is 0 Å². The van der Waals surface area contributed by atoms with Crippen molar-refractivity contribution in [1.29, 1.82) is 0 Å². The van der Waals surface area contributed by atoms with Crippen LogP contribution in [0.5, 0.6) is 0 Å². The lowest BCUT2D eigenvalue weighted by Gasteiger charge is -2.26. The first kappa shape index (κ1) is 15.4. The summed E-state index contributed by atoms with van der Waals surface area (Å²) in [4.78, 5) is 13.0. The van der Waals surface area contributed by atoms with Crippen LogP contribution in [0.4, 0.5) is 0 Å². The highest BCUT2D eigenvalue weighted by Gasteiger charge is 2.50. The second kappa shape index (κ2) is 5.20. The molecule has 4 rings (SSSR count). The lowest BCUT2D eigenvalue weighted by molar-refractivity contribution is 0.0905. The standard InChI is InChI=1S/C20H25N3O/c1-12(2)23-18-15-10-13(15)11-16(18)17(22-23)19(24)21-20(3,4)14-8-6-5-7-9-14/h5-9,12-13,15H,10-11H2,1-4H3,(H,21,24)/t13-,15-/m1/s1. The van der Waals surface area contributed by atoms with Crippen molar-refractivity contribution in [1.82, 2.24) is 15.1 Å². The van der Waals surface area contributed by atoms with E-state index in [1.165, 1.54) is 17.7 Å². The molecule has 2 aliphatic rings. The van der Waals surface area contributed by atoms with Crippen molar-refractivity contribution in [3.63, 3.8) is 0 Å². The van der Waals surface area contributed by atoms with Gasteiger partial charge in [0.1, 0.15) is 0 Å². The minimum absolute atomic E-state index is 0.0548. The Bertz CT molecular complexity index is 789. The van der Waals surface area contributed by atoms with E-state index in [1.807, 2.05) is 44.2 Å². The lowest BCUT2D eigenvalue weighted by Crippen LogP contribution is -2.41. The van der Waals surface area contributed by atoms with Gasteiger partial charge in [-0.2, -0.15) is 5.10 Å². The molecular weight excluding hydrogens is 298 g/mol. The zero-order valence-corrected chi connectivity index (χ0v) is 14.8. The Morgan fingerprint density at radius 3 is 2.67 bits per heavy atom. The monoisotopic (exact) mass is 323 g/mol. The SMILES string of the molecule is CC(C)n1nc(C(=O)NC(C)(C)c2ccccc2)c2c1[C@@H]1C[C@@H]1C2. The van der Waals surface area contributed by atoms with E-state index in [4.69, 9.17) is 5.10 Å². The van der Waals surface area contributed by atoms with Crippen LogP contribution in [0.2, 0.25) is 0 Å². The zero-order valence-electron chi connectivity index (χ0n) is 14.8. The maximum Gasteiger partial charge on any atom is 0.272 e. The summed E-state index contributed by atoms with van der Waals surface area (Å²) < 4.78 is 2.08. The fraction of sp³-hybridized carbons (Fsp3) is 0.500. The summed E-state index contributed by atoms with van der Waals surface area (Å²) in [5.74, 6) is 1.33. The molecule has 0 unspecified atom stereocenters. The molecule has 4 nitrogen and oxygen atoms in total. The van der Waals surface area contributed by atoms with Gasteiger partial charge in [0, 0.05) is 23.2 Å². The van der Waals surface area contributed by atoms with Crippen LogP contribution in [0.1, 0.15) is 73.4 Å². The molecule has 1 aromatic heterocycles. The molecule has 1 N–H and O–H groups in total. The third-order valence-electron chi connectivity index (χ3n) is 5.42. The number of nitrogens with one attached hydrogen (secondary N) is 1. The van der Waals surface area contributed by atoms with Gasteiger partial charge in [0.05, 0.1) is 5.54 Å². The zero-order chi connectivity index (χ0) is 17.1. The smallest absolute Gasteiger partial charge is 0.272 e. The van der Waals surface area contributed by atoms with Gasteiger partial charge in [0.25, 0.3) is 5.91 Å². The summed E-state index contributed by atoms with van der Waals surface area (Å²) in [5.41, 5.74) is 3.81. The summed E-state index contributed by atoms with van der Waals surface area (Å²) in [6, 6.07) is 10.4. The Morgan fingerprint density at radius 2 is 2.00 bits per heavy atom. The third-order valence-corrected chi connectivity index (χ3v) is 5.42. The average Bonchev–Trinajstić information content (AvgIpc) is 3.03. The number of fused-ring (bicyclic) bond motifs is 3. The van der Waals surface area contributed by atoms with Crippen LogP contribution in [-0.2, 0) is 12.0 Å². The molecule has 0 bridgehead atoms. The minimum Gasteiger partial charge on any atom is -0.342 e. The van der Waals surface area contributed by atoms with E-state index in [9.17, 15) is 4.79 Å². The van der Waals surface area contributed by atoms with Gasteiger partial charge < -0.3 is 5.32 Å². The molecule has 0 spiro atoms. The maximum absolute atomic E-state index is 13.0. The molecule has 1 aromatic carbocycles. The topological polar surface area (TPSA) is 46.9 Å². The molecule has 1 heterocycles. The van der Waals surface area contributed by atoms with Crippen molar-refractivity contribution < 1.29 is 4.79 Å². The van der Waals surface area contributed by atoms with Gasteiger partial charge in [-0.15, -0.1) is 0 Å². The molecule has 0 aliphatic heterocycles. The maximum atomic E-state index is 13.0. The second-order valence-corrected chi connectivity index (χ2v) is 8.00. The van der Waals surface area contributed by atoms with Crippen molar-refractivity contribution in [2.45, 2.75) is 58.0 Å². The number of rotatable bonds is 4. The molecule has 0 radical (unpaired) electrons. The molecule has 126 valence electrons. The minimum atomic E-state index is -0.422. The van der Waals surface area contributed by atoms with Crippen molar-refractivity contribution in [2.24, 2.45) is 5.92 Å². The first-order valence-electron chi connectivity index (χ1n) is 8.88. The van der Waals surface area contributed by atoms with Gasteiger partial charge in [0.15, 0.2) is 5.69 Å². The summed E-state index contributed by atoms with van der Waals surface area (Å²) in [6.45, 7) is 8.35. The predicted molar refractivity (Wildman–Crippen MR) is 94.1 cm³/mol. The average molecular weight is 323 g/mol. The molecule has 1 saturated carbocycles. The van der Waals surface area contributed by atoms with Crippen LogP contribution in [-0.4, -0.2) is 15.7 Å². The van der Waals surface area contributed by atoms with E-state index >= 15 is 0 Å². The highest BCUT2D eigenvalue weighted by Crippen LogP contribution is 2.57. The summed E-state index contributed by atoms with van der Waals surface area (Å²) in [5, 5.41) is 7.88. The number of hydrogen-bond acceptors (Lipinski definition) is 2. The molecule has 24 heavy (non-hydrogen) atoms. The van der Waals surface area contributed by atoms with Crippen LogP contribution >= 0.6 is 0 Å². The van der Waals surface area contributed by atoms with E-state index in [0.717, 1.165) is 17.9 Å². The highest BCUT2D eigenvalue weighted by atomic mass is 16.2. The largest absolute Gasteiger partial charge is 0.342 e. The van der Waals surface area contributed by atoms with Gasteiger partial charge in [-0.3, -0.25) is 9.48 Å². The van der Waals surface area contributed by atoms with Gasteiger partial charge in [-0.25, -0.2) is 0 Å². The molecule has 0 saturated heterocycles. The Labute approximate surface area is 143 Å². The predicted octanol–water partition coefficient (Wildman–Crippen LogP) is 3.79. The number of amides is 1. The van der Waals surface area contributed by atoms with Crippen LogP contribution < -0.4 is 5.32 Å². The number of carbonyl (C=O) groups is 1. The molecule has 2 aliphatic carbocycles. The van der Waals surface area contributed by atoms with E-state index in [2.05, 4.69) is 23.8 Å². The number of hydrogen-bond donors (Lipinski definition) is 1. The summed E-state index contributed by atoms with van der Waals surface area (Å²) in [7, 11) is 0. The van der Waals surface area contributed by atoms with E-state index in [1.54, 1.807) is 0 Å². The van der Waals surface area contributed by atoms with Crippen molar-refractivity contribution >= 4 is 5.91 Å². The first-order chi connectivity index (χ1) is 11.4. The van der Waals surface area contributed by atoms with E-state index in [0.29, 0.717) is 17.7 Å². The Morgan fingerprint density at radius 1 is 1.29 bits per heavy atom. The molecule has 4 heteroatoms. The quantitative estimate of drug-likeness (QED) is 0.930. The van der Waals surface area contributed by atoms with Gasteiger partial charge in [-0.05, 0) is 52.0 Å². The Hall–Kier alpha value is -2.10. The Balaban J connectivity index is 1.64. The molecular formula is C20H25N3O. The summed E-state index contributed by atoms with van der Waals surface area (Å²) in [6.07, 6.45) is 2.28. The van der Waals surface area contributed by atoms with Gasteiger partial charge in [-0.1, -0.05) is 30.3 Å². The van der Waals surface area contributed by atoms with Crippen molar-refractivity contribution in [3.8, 4) is 0 Å². The first-order valence-corrected chi connectivity index (χ1v) is 8.88. The molecule has 1 fully saturated rings. The molecule has 2 atom stereocenters. The van der Waals surface area contributed by atoms with E-state index in [-0.39, 0.29) is 5.91 Å². The molecule has 2 aromatic rings. The van der Waals surface area contributed by atoms with Crippen molar-refractivity contribution in [2.75, 3.05) is 0 Å². The number of carbonyl (C=O) groups excluding carboxylic acids is 1. The van der Waals surface area contributed by atoms with Crippen molar-refractivity contribution in [3.05, 3.63) is 52.8 Å². The molecule has 1 amide bonds. The summed E-state index contributed by atoms with van der Waals surface area (Å²) >= 11 is 0. The van der Waals surface area contributed by atoms with Crippen LogP contribution in [0.15, 0.2) is 30.3 Å².